The van der Waals surface area contributed by atoms with Crippen molar-refractivity contribution >= 4 is 24.1 Å². The molecule has 0 aliphatic carbocycles. The zero-order chi connectivity index (χ0) is 24.3. The maximum atomic E-state index is 13.0. The third-order valence-corrected chi connectivity index (χ3v) is 5.27. The highest BCUT2D eigenvalue weighted by molar-refractivity contribution is 6.07. The molecule has 0 spiro atoms. The Morgan fingerprint density at radius 2 is 1.82 bits per heavy atom. The van der Waals surface area contributed by atoms with Gasteiger partial charge in [0, 0.05) is 0 Å². The number of ether oxygens (including phenoxy) is 3. The highest BCUT2D eigenvalue weighted by Gasteiger charge is 2.49. The van der Waals surface area contributed by atoms with Gasteiger partial charge in [-0.05, 0) is 60.5 Å². The number of carbonyl (C=O) groups is 3. The number of carbonyl (C=O) groups excluding carboxylic acids is 3. The van der Waals surface area contributed by atoms with Crippen LogP contribution in [0.25, 0.3) is 0 Å². The zero-order valence-electron chi connectivity index (χ0n) is 18.6. The van der Waals surface area contributed by atoms with E-state index in [1.807, 2.05) is 0 Å². The fourth-order valence-corrected chi connectivity index (χ4v) is 3.37. The number of furan rings is 1. The molecule has 4 rings (SSSR count). The van der Waals surface area contributed by atoms with Gasteiger partial charge >= 0.3 is 12.0 Å². The van der Waals surface area contributed by atoms with E-state index in [0.29, 0.717) is 16.9 Å². The number of benzene rings is 2. The third kappa shape index (κ3) is 4.20. The maximum Gasteiger partial charge on any atom is 0.379 e. The van der Waals surface area contributed by atoms with Gasteiger partial charge in [-0.1, -0.05) is 12.1 Å². The molecule has 1 aromatic heterocycles. The van der Waals surface area contributed by atoms with Crippen LogP contribution in [-0.4, -0.2) is 43.4 Å². The molecule has 3 amide bonds. The van der Waals surface area contributed by atoms with E-state index in [4.69, 9.17) is 18.6 Å². The Balaban J connectivity index is 1.51. The first-order valence-electron chi connectivity index (χ1n) is 10.1. The molecule has 1 fully saturated rings. The topological polar surface area (TPSA) is 120 Å². The average molecular weight is 463 g/mol. The van der Waals surface area contributed by atoms with Crippen molar-refractivity contribution in [1.82, 2.24) is 10.3 Å². The van der Waals surface area contributed by atoms with Crippen molar-refractivity contribution in [2.24, 2.45) is 5.10 Å². The van der Waals surface area contributed by atoms with Crippen molar-refractivity contribution in [3.05, 3.63) is 77.7 Å². The lowest BCUT2D eigenvalue weighted by Crippen LogP contribution is -2.40. The minimum Gasteiger partial charge on any atom is -0.497 e. The standard InChI is InChI=1S/C24H21N3O7/c1-24(16-7-9-17(31-2)10-8-16)22(29)27(23(30)26-24)25-14-15-6-11-18(20(13-15)32-3)34-21(28)19-5-4-12-33-19/h4-14H,1-3H3,(H,26,30)/b25-14-/t24-/m1/s1. The molecule has 2 aromatic carbocycles. The number of hydrazone groups is 1. The molecule has 1 aliphatic heterocycles. The Hall–Kier alpha value is -4.60. The summed E-state index contributed by atoms with van der Waals surface area (Å²) < 4.78 is 20.8. The van der Waals surface area contributed by atoms with Gasteiger partial charge in [0.15, 0.2) is 11.5 Å². The Morgan fingerprint density at radius 1 is 1.06 bits per heavy atom. The smallest absolute Gasteiger partial charge is 0.379 e. The Kier molecular flexibility index (Phi) is 6.05. The summed E-state index contributed by atoms with van der Waals surface area (Å²) in [5.41, 5.74) is -0.176. The number of esters is 1. The summed E-state index contributed by atoms with van der Waals surface area (Å²) in [7, 11) is 2.96. The number of methoxy groups -OCH3 is 2. The lowest BCUT2D eigenvalue weighted by molar-refractivity contribution is -0.131. The Morgan fingerprint density at radius 3 is 2.47 bits per heavy atom. The lowest BCUT2D eigenvalue weighted by Gasteiger charge is -2.21. The van der Waals surface area contributed by atoms with Gasteiger partial charge in [-0.25, -0.2) is 9.59 Å². The van der Waals surface area contributed by atoms with Gasteiger partial charge in [0.2, 0.25) is 5.76 Å². The van der Waals surface area contributed by atoms with E-state index in [9.17, 15) is 14.4 Å². The summed E-state index contributed by atoms with van der Waals surface area (Å²) in [6.45, 7) is 1.61. The molecule has 34 heavy (non-hydrogen) atoms. The molecular weight excluding hydrogens is 442 g/mol. The minimum atomic E-state index is -1.28. The third-order valence-electron chi connectivity index (χ3n) is 5.27. The van der Waals surface area contributed by atoms with Gasteiger partial charge in [-0.15, -0.1) is 5.01 Å². The van der Waals surface area contributed by atoms with Crippen LogP contribution in [0.5, 0.6) is 17.2 Å². The molecule has 174 valence electrons. The predicted octanol–water partition coefficient (Wildman–Crippen LogP) is 3.32. The number of rotatable bonds is 7. The van der Waals surface area contributed by atoms with Crippen LogP contribution in [-0.2, 0) is 10.3 Å². The maximum absolute atomic E-state index is 13.0. The van der Waals surface area contributed by atoms with E-state index in [2.05, 4.69) is 10.4 Å². The second-order valence-electron chi connectivity index (χ2n) is 7.42. The number of nitrogens with one attached hydrogen (secondary N) is 1. The van der Waals surface area contributed by atoms with Gasteiger partial charge in [0.05, 0.1) is 26.7 Å². The summed E-state index contributed by atoms with van der Waals surface area (Å²) in [5.74, 6) is -0.110. The number of hydrogen-bond donors (Lipinski definition) is 1. The normalized spacial score (nSPS) is 17.7. The highest BCUT2D eigenvalue weighted by Crippen LogP contribution is 2.31. The number of imide groups is 1. The molecule has 10 heteroatoms. The molecule has 1 N–H and O–H groups in total. The second-order valence-corrected chi connectivity index (χ2v) is 7.42. The monoisotopic (exact) mass is 463 g/mol. The van der Waals surface area contributed by atoms with Crippen LogP contribution < -0.4 is 19.5 Å². The molecule has 1 aliphatic rings. The zero-order valence-corrected chi connectivity index (χ0v) is 18.6. The fraction of sp³-hybridized carbons (Fsp3) is 0.167. The molecule has 1 saturated heterocycles. The second kappa shape index (κ2) is 9.10. The Labute approximate surface area is 194 Å². The number of urea groups is 1. The summed E-state index contributed by atoms with van der Waals surface area (Å²) in [6, 6.07) is 13.9. The van der Waals surface area contributed by atoms with Crippen molar-refractivity contribution < 1.29 is 33.0 Å². The summed E-state index contributed by atoms with van der Waals surface area (Å²) >= 11 is 0. The minimum absolute atomic E-state index is 0.0474. The van der Waals surface area contributed by atoms with Crippen molar-refractivity contribution in [2.45, 2.75) is 12.5 Å². The molecule has 0 unspecified atom stereocenters. The van der Waals surface area contributed by atoms with Crippen LogP contribution in [0.3, 0.4) is 0 Å². The predicted molar refractivity (Wildman–Crippen MR) is 120 cm³/mol. The van der Waals surface area contributed by atoms with Crippen molar-refractivity contribution in [2.75, 3.05) is 14.2 Å². The van der Waals surface area contributed by atoms with Crippen LogP contribution in [0.2, 0.25) is 0 Å². The van der Waals surface area contributed by atoms with Crippen LogP contribution in [0.4, 0.5) is 4.79 Å². The first kappa shape index (κ1) is 22.6. The van der Waals surface area contributed by atoms with E-state index < -0.39 is 23.4 Å². The van der Waals surface area contributed by atoms with E-state index in [1.165, 1.54) is 31.7 Å². The molecule has 3 aromatic rings. The van der Waals surface area contributed by atoms with Crippen LogP contribution in [0, 0.1) is 0 Å². The summed E-state index contributed by atoms with van der Waals surface area (Å²) in [5, 5.41) is 7.50. The lowest BCUT2D eigenvalue weighted by atomic mass is 9.92. The highest BCUT2D eigenvalue weighted by atomic mass is 16.6. The molecule has 10 nitrogen and oxygen atoms in total. The van der Waals surface area contributed by atoms with Gasteiger partial charge < -0.3 is 23.9 Å². The molecule has 0 saturated carbocycles. The largest absolute Gasteiger partial charge is 0.497 e. The molecule has 0 radical (unpaired) electrons. The first-order chi connectivity index (χ1) is 16.4. The van der Waals surface area contributed by atoms with Crippen molar-refractivity contribution in [1.29, 1.82) is 0 Å². The number of amides is 3. The summed E-state index contributed by atoms with van der Waals surface area (Å²) in [4.78, 5) is 37.6. The Bertz CT molecular complexity index is 1250. The average Bonchev–Trinajstić information content (AvgIpc) is 3.46. The molecule has 1 atom stereocenters. The van der Waals surface area contributed by atoms with Gasteiger partial charge in [0.25, 0.3) is 5.91 Å². The van der Waals surface area contributed by atoms with E-state index in [1.54, 1.807) is 56.5 Å². The van der Waals surface area contributed by atoms with E-state index in [0.717, 1.165) is 5.01 Å². The van der Waals surface area contributed by atoms with Gasteiger partial charge in [-0.2, -0.15) is 5.10 Å². The number of nitrogens with zero attached hydrogens (tertiary/aromatic N) is 2. The SMILES string of the molecule is COc1ccc([C@@]2(C)NC(=O)N(/N=C\c3ccc(OC(=O)c4ccco4)c(OC)c3)C2=O)cc1. The van der Waals surface area contributed by atoms with Gasteiger partial charge in [-0.3, -0.25) is 4.79 Å². The van der Waals surface area contributed by atoms with Crippen LogP contribution >= 0.6 is 0 Å². The number of hydrogen-bond acceptors (Lipinski definition) is 8. The molecular formula is C24H21N3O7. The molecule has 2 heterocycles. The van der Waals surface area contributed by atoms with E-state index in [-0.39, 0.29) is 17.3 Å². The first-order valence-corrected chi connectivity index (χ1v) is 10.1. The fourth-order valence-electron chi connectivity index (χ4n) is 3.37. The van der Waals surface area contributed by atoms with Crippen molar-refractivity contribution in [3.63, 3.8) is 0 Å². The van der Waals surface area contributed by atoms with Crippen LogP contribution in [0.1, 0.15) is 28.6 Å². The van der Waals surface area contributed by atoms with Crippen LogP contribution in [0.15, 0.2) is 70.4 Å². The molecule has 0 bridgehead atoms. The summed E-state index contributed by atoms with van der Waals surface area (Å²) in [6.07, 6.45) is 2.70. The van der Waals surface area contributed by atoms with Crippen molar-refractivity contribution in [3.8, 4) is 17.2 Å². The quantitative estimate of drug-likeness (QED) is 0.247. The van der Waals surface area contributed by atoms with E-state index >= 15 is 0 Å². The van der Waals surface area contributed by atoms with Gasteiger partial charge in [0.1, 0.15) is 11.3 Å².